The zero-order valence-electron chi connectivity index (χ0n) is 8.77. The number of hydrogen-bond donors (Lipinski definition) is 0. The van der Waals surface area contributed by atoms with E-state index in [2.05, 4.69) is 4.98 Å². The van der Waals surface area contributed by atoms with Gasteiger partial charge in [-0.2, -0.15) is 0 Å². The molecule has 4 heteroatoms. The predicted octanol–water partition coefficient (Wildman–Crippen LogP) is 1.77. The summed E-state index contributed by atoms with van der Waals surface area (Å²) in [5.41, 5.74) is 0.652. The van der Waals surface area contributed by atoms with Gasteiger partial charge >= 0.3 is 0 Å². The van der Waals surface area contributed by atoms with E-state index in [-0.39, 0.29) is 11.6 Å². The van der Waals surface area contributed by atoms with Crippen molar-refractivity contribution in [1.29, 1.82) is 0 Å². The first-order valence-corrected chi connectivity index (χ1v) is 5.23. The molecule has 1 aromatic heterocycles. The maximum atomic E-state index is 11.8. The van der Waals surface area contributed by atoms with Gasteiger partial charge in [0.25, 0.3) is 0 Å². The lowest BCUT2D eigenvalue weighted by Gasteiger charge is -2.04. The minimum atomic E-state index is 0.0228. The summed E-state index contributed by atoms with van der Waals surface area (Å²) in [6.45, 7) is 1.51. The first-order valence-electron chi connectivity index (χ1n) is 5.23. The third-order valence-electron chi connectivity index (χ3n) is 2.60. The first-order chi connectivity index (χ1) is 7.18. The third kappa shape index (κ3) is 2.32. The van der Waals surface area contributed by atoms with Gasteiger partial charge in [-0.05, 0) is 19.8 Å². The van der Waals surface area contributed by atoms with Gasteiger partial charge in [0.15, 0.2) is 5.78 Å². The van der Waals surface area contributed by atoms with Crippen molar-refractivity contribution in [1.82, 2.24) is 9.55 Å². The molecule has 0 atom stereocenters. The summed E-state index contributed by atoms with van der Waals surface area (Å²) < 4.78 is 1.93. The smallest absolute Gasteiger partial charge is 0.181 e. The van der Waals surface area contributed by atoms with E-state index in [1.807, 2.05) is 4.57 Å². The number of nitrogens with zero attached hydrogens (tertiary/aromatic N) is 2. The molecule has 1 aromatic rings. The third-order valence-corrected chi connectivity index (χ3v) is 2.60. The Morgan fingerprint density at radius 2 is 2.20 bits per heavy atom. The van der Waals surface area contributed by atoms with Crippen LogP contribution in [-0.2, 0) is 4.79 Å². The van der Waals surface area contributed by atoms with Crippen molar-refractivity contribution in [2.45, 2.75) is 38.6 Å². The van der Waals surface area contributed by atoms with Crippen molar-refractivity contribution in [3.63, 3.8) is 0 Å². The maximum Gasteiger partial charge on any atom is 0.181 e. The summed E-state index contributed by atoms with van der Waals surface area (Å²) in [5, 5.41) is 0. The lowest BCUT2D eigenvalue weighted by Crippen LogP contribution is -2.08. The van der Waals surface area contributed by atoms with E-state index in [1.54, 1.807) is 12.5 Å². The van der Waals surface area contributed by atoms with Crippen molar-refractivity contribution in [3.8, 4) is 0 Å². The standard InChI is InChI=1S/C11H14N2O2/c1-8(14)2-5-11(15)10-6-12-7-13(10)9-3-4-9/h6-7,9H,2-5H2,1H3. The number of imidazole rings is 1. The molecule has 0 unspecified atom stereocenters. The predicted molar refractivity (Wildman–Crippen MR) is 54.7 cm³/mol. The number of Topliss-reactive ketones (excluding diaryl/α,β-unsaturated/α-hetero) is 2. The van der Waals surface area contributed by atoms with Crippen molar-refractivity contribution in [2.75, 3.05) is 0 Å². The average Bonchev–Trinajstić information content (AvgIpc) is 2.93. The van der Waals surface area contributed by atoms with Crippen LogP contribution in [0, 0.1) is 0 Å². The number of hydrogen-bond acceptors (Lipinski definition) is 3. The molecular formula is C11H14N2O2. The van der Waals surface area contributed by atoms with E-state index in [9.17, 15) is 9.59 Å². The molecule has 0 spiro atoms. The summed E-state index contributed by atoms with van der Waals surface area (Å²) in [5.74, 6) is 0.0791. The highest BCUT2D eigenvalue weighted by Gasteiger charge is 2.27. The van der Waals surface area contributed by atoms with Gasteiger partial charge < -0.3 is 9.36 Å². The minimum Gasteiger partial charge on any atom is -0.325 e. The normalized spacial score (nSPS) is 15.3. The molecule has 80 valence electrons. The Kier molecular flexibility index (Phi) is 2.66. The van der Waals surface area contributed by atoms with Crippen LogP contribution >= 0.6 is 0 Å². The van der Waals surface area contributed by atoms with E-state index in [0.717, 1.165) is 12.8 Å². The van der Waals surface area contributed by atoms with Crippen LogP contribution in [0.1, 0.15) is 49.1 Å². The van der Waals surface area contributed by atoms with E-state index in [1.165, 1.54) is 6.92 Å². The van der Waals surface area contributed by atoms with Crippen LogP contribution in [0.2, 0.25) is 0 Å². The Balaban J connectivity index is 2.04. The summed E-state index contributed by atoms with van der Waals surface area (Å²) in [4.78, 5) is 26.5. The fraction of sp³-hybridized carbons (Fsp3) is 0.545. The Bertz CT molecular complexity index is 391. The molecule has 1 fully saturated rings. The van der Waals surface area contributed by atoms with Gasteiger partial charge in [0.1, 0.15) is 11.5 Å². The van der Waals surface area contributed by atoms with Gasteiger partial charge in [0.2, 0.25) is 0 Å². The second-order valence-electron chi connectivity index (χ2n) is 4.04. The molecule has 1 heterocycles. The van der Waals surface area contributed by atoms with Crippen molar-refractivity contribution < 1.29 is 9.59 Å². The quantitative estimate of drug-likeness (QED) is 0.690. The molecule has 0 saturated heterocycles. The molecule has 0 aromatic carbocycles. The maximum absolute atomic E-state index is 11.8. The highest BCUT2D eigenvalue weighted by atomic mass is 16.1. The van der Waals surface area contributed by atoms with Crippen LogP contribution < -0.4 is 0 Å². The van der Waals surface area contributed by atoms with Crippen LogP contribution in [0.15, 0.2) is 12.5 Å². The topological polar surface area (TPSA) is 52.0 Å². The highest BCUT2D eigenvalue weighted by Crippen LogP contribution is 2.35. The van der Waals surface area contributed by atoms with Crippen LogP contribution in [0.4, 0.5) is 0 Å². The molecule has 15 heavy (non-hydrogen) atoms. The Morgan fingerprint density at radius 1 is 1.47 bits per heavy atom. The summed E-state index contributed by atoms with van der Waals surface area (Å²) in [6.07, 6.45) is 6.19. The largest absolute Gasteiger partial charge is 0.325 e. The number of aromatic nitrogens is 2. The monoisotopic (exact) mass is 206 g/mol. The first kappa shape index (κ1) is 10.1. The Labute approximate surface area is 88.3 Å². The minimum absolute atomic E-state index is 0.0228. The fourth-order valence-corrected chi connectivity index (χ4v) is 1.58. The molecule has 2 rings (SSSR count). The van der Waals surface area contributed by atoms with Crippen LogP contribution in [-0.4, -0.2) is 21.1 Å². The van der Waals surface area contributed by atoms with Gasteiger partial charge in [0.05, 0.1) is 12.5 Å². The Hall–Kier alpha value is -1.45. The van der Waals surface area contributed by atoms with Gasteiger partial charge in [-0.25, -0.2) is 4.98 Å². The SMILES string of the molecule is CC(=O)CCC(=O)c1cncn1C1CC1. The number of carbonyl (C=O) groups excluding carboxylic acids is 2. The van der Waals surface area contributed by atoms with Gasteiger partial charge in [-0.3, -0.25) is 4.79 Å². The fourth-order valence-electron chi connectivity index (χ4n) is 1.58. The lowest BCUT2D eigenvalue weighted by molar-refractivity contribution is -0.116. The van der Waals surface area contributed by atoms with Crippen molar-refractivity contribution >= 4 is 11.6 Å². The molecular weight excluding hydrogens is 192 g/mol. The van der Waals surface area contributed by atoms with Gasteiger partial charge in [0, 0.05) is 18.9 Å². The molecule has 1 aliphatic carbocycles. The molecule has 0 aliphatic heterocycles. The summed E-state index contributed by atoms with van der Waals surface area (Å²) in [6, 6.07) is 0.462. The second kappa shape index (κ2) is 3.96. The molecule has 0 amide bonds. The van der Waals surface area contributed by atoms with Crippen molar-refractivity contribution in [3.05, 3.63) is 18.2 Å². The summed E-state index contributed by atoms with van der Waals surface area (Å²) in [7, 11) is 0. The highest BCUT2D eigenvalue weighted by molar-refractivity contribution is 5.96. The molecule has 1 saturated carbocycles. The van der Waals surface area contributed by atoms with Crippen LogP contribution in [0.3, 0.4) is 0 Å². The van der Waals surface area contributed by atoms with Gasteiger partial charge in [-0.1, -0.05) is 0 Å². The molecule has 0 bridgehead atoms. The number of ketones is 2. The molecule has 1 aliphatic rings. The second-order valence-corrected chi connectivity index (χ2v) is 4.04. The van der Waals surface area contributed by atoms with Gasteiger partial charge in [-0.15, -0.1) is 0 Å². The van der Waals surface area contributed by atoms with E-state index >= 15 is 0 Å². The van der Waals surface area contributed by atoms with Crippen LogP contribution in [0.25, 0.3) is 0 Å². The Morgan fingerprint density at radius 3 is 2.80 bits per heavy atom. The molecule has 4 nitrogen and oxygen atoms in total. The van der Waals surface area contributed by atoms with E-state index < -0.39 is 0 Å². The van der Waals surface area contributed by atoms with E-state index in [4.69, 9.17) is 0 Å². The number of rotatable bonds is 5. The molecule has 0 radical (unpaired) electrons. The average molecular weight is 206 g/mol. The van der Waals surface area contributed by atoms with E-state index in [0.29, 0.717) is 24.6 Å². The summed E-state index contributed by atoms with van der Waals surface area (Å²) >= 11 is 0. The van der Waals surface area contributed by atoms with Crippen LogP contribution in [0.5, 0.6) is 0 Å². The lowest BCUT2D eigenvalue weighted by atomic mass is 10.1. The zero-order chi connectivity index (χ0) is 10.8. The zero-order valence-corrected chi connectivity index (χ0v) is 8.77. The molecule has 0 N–H and O–H groups in total. The van der Waals surface area contributed by atoms with Crippen molar-refractivity contribution in [2.24, 2.45) is 0 Å². The number of carbonyl (C=O) groups is 2.